The first-order valence-electron chi connectivity index (χ1n) is 8.31. The smallest absolute Gasteiger partial charge is 0.256 e. The number of anilines is 1. The van der Waals surface area contributed by atoms with Gasteiger partial charge in [-0.05, 0) is 13.8 Å². The molecule has 2 fully saturated rings. The molecule has 0 saturated carbocycles. The Morgan fingerprint density at radius 3 is 2.26 bits per heavy atom. The predicted octanol–water partition coefficient (Wildman–Crippen LogP) is 1.30. The molecule has 2 aliphatic heterocycles. The van der Waals surface area contributed by atoms with Crippen LogP contribution in [-0.2, 0) is 9.47 Å². The summed E-state index contributed by atoms with van der Waals surface area (Å²) in [4.78, 5) is 24.9. The first-order chi connectivity index (χ1) is 11.2. The SMILES string of the molecule is CCN(CC)C(=O)c1cnc(N2CCC3(CC2)OCCO3)nc1. The van der Waals surface area contributed by atoms with Crippen LogP contribution in [0.5, 0.6) is 0 Å². The molecule has 0 aliphatic carbocycles. The lowest BCUT2D eigenvalue weighted by atomic mass is 10.0. The van der Waals surface area contributed by atoms with Crippen molar-refractivity contribution in [2.24, 2.45) is 0 Å². The van der Waals surface area contributed by atoms with Gasteiger partial charge in [0.1, 0.15) is 0 Å². The molecule has 0 N–H and O–H groups in total. The van der Waals surface area contributed by atoms with Crippen molar-refractivity contribution >= 4 is 11.9 Å². The van der Waals surface area contributed by atoms with E-state index in [-0.39, 0.29) is 5.91 Å². The maximum Gasteiger partial charge on any atom is 0.256 e. The monoisotopic (exact) mass is 320 g/mol. The number of carbonyl (C=O) groups is 1. The number of amides is 1. The number of nitrogens with zero attached hydrogens (tertiary/aromatic N) is 4. The number of piperidine rings is 1. The highest BCUT2D eigenvalue weighted by Gasteiger charge is 2.40. The summed E-state index contributed by atoms with van der Waals surface area (Å²) in [5.74, 6) is 0.246. The summed E-state index contributed by atoms with van der Waals surface area (Å²) in [5.41, 5.74) is 0.536. The minimum atomic E-state index is -0.394. The zero-order valence-corrected chi connectivity index (χ0v) is 13.8. The molecule has 1 aromatic rings. The Balaban J connectivity index is 1.63. The first kappa shape index (κ1) is 16.1. The standard InChI is InChI=1S/C16H24N4O3/c1-3-19(4-2)14(21)13-11-17-15(18-12-13)20-7-5-16(6-8-20)22-9-10-23-16/h11-12H,3-10H2,1-2H3. The Morgan fingerprint density at radius 2 is 1.74 bits per heavy atom. The Bertz CT molecular complexity index is 529. The Kier molecular flexibility index (Phi) is 4.77. The van der Waals surface area contributed by atoms with Crippen LogP contribution in [0.1, 0.15) is 37.0 Å². The number of ether oxygens (including phenoxy) is 2. The van der Waals surface area contributed by atoms with E-state index in [0.29, 0.717) is 37.8 Å². The van der Waals surface area contributed by atoms with Gasteiger partial charge in [0, 0.05) is 51.4 Å². The van der Waals surface area contributed by atoms with Crippen molar-refractivity contribution in [2.45, 2.75) is 32.5 Å². The van der Waals surface area contributed by atoms with Gasteiger partial charge in [0.25, 0.3) is 5.91 Å². The van der Waals surface area contributed by atoms with Gasteiger partial charge in [-0.15, -0.1) is 0 Å². The van der Waals surface area contributed by atoms with E-state index in [1.165, 1.54) is 0 Å². The molecular formula is C16H24N4O3. The van der Waals surface area contributed by atoms with Crippen LogP contribution in [0.3, 0.4) is 0 Å². The molecule has 126 valence electrons. The van der Waals surface area contributed by atoms with Gasteiger partial charge in [-0.2, -0.15) is 0 Å². The third kappa shape index (κ3) is 3.30. The molecule has 1 aromatic heterocycles. The summed E-state index contributed by atoms with van der Waals surface area (Å²) >= 11 is 0. The molecule has 1 spiro atoms. The van der Waals surface area contributed by atoms with Crippen LogP contribution in [-0.4, -0.2) is 66.0 Å². The molecule has 7 nitrogen and oxygen atoms in total. The first-order valence-corrected chi connectivity index (χ1v) is 8.31. The lowest BCUT2D eigenvalue weighted by Crippen LogP contribution is -2.45. The summed E-state index contributed by atoms with van der Waals surface area (Å²) < 4.78 is 11.5. The minimum Gasteiger partial charge on any atom is -0.347 e. The normalized spacial score (nSPS) is 20.0. The second kappa shape index (κ2) is 6.80. The molecule has 0 unspecified atom stereocenters. The lowest BCUT2D eigenvalue weighted by Gasteiger charge is -2.37. The zero-order valence-electron chi connectivity index (χ0n) is 13.8. The third-order valence-electron chi connectivity index (χ3n) is 4.56. The van der Waals surface area contributed by atoms with Crippen LogP contribution >= 0.6 is 0 Å². The van der Waals surface area contributed by atoms with Crippen LogP contribution in [0.2, 0.25) is 0 Å². The van der Waals surface area contributed by atoms with Gasteiger partial charge >= 0.3 is 0 Å². The van der Waals surface area contributed by atoms with Crippen molar-refractivity contribution in [1.82, 2.24) is 14.9 Å². The summed E-state index contributed by atoms with van der Waals surface area (Å²) in [6.45, 7) is 8.25. The lowest BCUT2D eigenvalue weighted by molar-refractivity contribution is -0.169. The molecule has 3 rings (SSSR count). The summed E-state index contributed by atoms with van der Waals surface area (Å²) in [6, 6.07) is 0. The molecule has 0 bridgehead atoms. The van der Waals surface area contributed by atoms with Gasteiger partial charge < -0.3 is 19.3 Å². The fourth-order valence-electron chi connectivity index (χ4n) is 3.12. The second-order valence-corrected chi connectivity index (χ2v) is 5.84. The van der Waals surface area contributed by atoms with Crippen molar-refractivity contribution < 1.29 is 14.3 Å². The van der Waals surface area contributed by atoms with Crippen molar-refractivity contribution in [3.63, 3.8) is 0 Å². The Morgan fingerprint density at radius 1 is 1.17 bits per heavy atom. The average molecular weight is 320 g/mol. The van der Waals surface area contributed by atoms with E-state index in [1.54, 1.807) is 17.3 Å². The number of carbonyl (C=O) groups excluding carboxylic acids is 1. The van der Waals surface area contributed by atoms with Gasteiger partial charge in [0.05, 0.1) is 18.8 Å². The van der Waals surface area contributed by atoms with Crippen molar-refractivity contribution in [2.75, 3.05) is 44.3 Å². The third-order valence-corrected chi connectivity index (χ3v) is 4.56. The molecule has 1 amide bonds. The van der Waals surface area contributed by atoms with Gasteiger partial charge in [-0.25, -0.2) is 9.97 Å². The summed E-state index contributed by atoms with van der Waals surface area (Å²) in [6.07, 6.45) is 4.87. The fourth-order valence-corrected chi connectivity index (χ4v) is 3.12. The molecule has 23 heavy (non-hydrogen) atoms. The van der Waals surface area contributed by atoms with E-state index >= 15 is 0 Å². The zero-order chi connectivity index (χ0) is 16.3. The van der Waals surface area contributed by atoms with E-state index in [9.17, 15) is 4.79 Å². The van der Waals surface area contributed by atoms with E-state index < -0.39 is 5.79 Å². The van der Waals surface area contributed by atoms with E-state index in [4.69, 9.17) is 9.47 Å². The second-order valence-electron chi connectivity index (χ2n) is 5.84. The minimum absolute atomic E-state index is 0.0214. The Labute approximate surface area is 136 Å². The highest BCUT2D eigenvalue weighted by atomic mass is 16.7. The van der Waals surface area contributed by atoms with Crippen LogP contribution in [0.25, 0.3) is 0 Å². The van der Waals surface area contributed by atoms with Crippen LogP contribution < -0.4 is 4.90 Å². The predicted molar refractivity (Wildman–Crippen MR) is 85.4 cm³/mol. The van der Waals surface area contributed by atoms with Crippen molar-refractivity contribution in [3.05, 3.63) is 18.0 Å². The summed E-state index contributed by atoms with van der Waals surface area (Å²) in [7, 11) is 0. The van der Waals surface area contributed by atoms with Crippen molar-refractivity contribution in [1.29, 1.82) is 0 Å². The number of rotatable bonds is 4. The number of aromatic nitrogens is 2. The topological polar surface area (TPSA) is 67.8 Å². The van der Waals surface area contributed by atoms with Gasteiger partial charge in [0.15, 0.2) is 5.79 Å². The molecule has 2 aliphatic rings. The molecule has 7 heteroatoms. The van der Waals surface area contributed by atoms with E-state index in [2.05, 4.69) is 14.9 Å². The quantitative estimate of drug-likeness (QED) is 0.833. The van der Waals surface area contributed by atoms with Gasteiger partial charge in [0.2, 0.25) is 5.95 Å². The van der Waals surface area contributed by atoms with Gasteiger partial charge in [-0.3, -0.25) is 4.79 Å². The van der Waals surface area contributed by atoms with Crippen molar-refractivity contribution in [3.8, 4) is 0 Å². The van der Waals surface area contributed by atoms with E-state index in [1.807, 2.05) is 13.8 Å². The summed E-state index contributed by atoms with van der Waals surface area (Å²) in [5, 5.41) is 0. The van der Waals surface area contributed by atoms with E-state index in [0.717, 1.165) is 25.9 Å². The fraction of sp³-hybridized carbons (Fsp3) is 0.688. The number of hydrogen-bond acceptors (Lipinski definition) is 6. The molecule has 2 saturated heterocycles. The highest BCUT2D eigenvalue weighted by molar-refractivity contribution is 5.93. The molecule has 0 atom stereocenters. The Hall–Kier alpha value is -1.73. The van der Waals surface area contributed by atoms with Gasteiger partial charge in [-0.1, -0.05) is 0 Å². The van der Waals surface area contributed by atoms with Crippen LogP contribution in [0.15, 0.2) is 12.4 Å². The molecule has 0 aromatic carbocycles. The van der Waals surface area contributed by atoms with Crippen LogP contribution in [0, 0.1) is 0 Å². The average Bonchev–Trinajstić information content (AvgIpc) is 3.05. The molecule has 3 heterocycles. The largest absolute Gasteiger partial charge is 0.347 e. The molecular weight excluding hydrogens is 296 g/mol. The number of hydrogen-bond donors (Lipinski definition) is 0. The maximum atomic E-state index is 12.3. The maximum absolute atomic E-state index is 12.3. The van der Waals surface area contributed by atoms with Crippen LogP contribution in [0.4, 0.5) is 5.95 Å². The molecule has 0 radical (unpaired) electrons. The highest BCUT2D eigenvalue weighted by Crippen LogP contribution is 2.32.